The summed E-state index contributed by atoms with van der Waals surface area (Å²) in [6.07, 6.45) is 2.77. The standard InChI is InChI=1S/C15H19N3O3/c19-14(16-10-15(20)5-7-21-8-6-15)9-18-11-17-12-3-1-2-4-13(12)18/h1-4,11,20H,5-10H2,(H,16,19). The third kappa shape index (κ3) is 3.22. The molecule has 0 radical (unpaired) electrons. The van der Waals surface area contributed by atoms with Gasteiger partial charge in [-0.25, -0.2) is 4.98 Å². The molecule has 112 valence electrons. The molecule has 6 nitrogen and oxygen atoms in total. The summed E-state index contributed by atoms with van der Waals surface area (Å²) in [4.78, 5) is 16.3. The van der Waals surface area contributed by atoms with E-state index in [9.17, 15) is 9.90 Å². The molecule has 3 rings (SSSR count). The van der Waals surface area contributed by atoms with Crippen molar-refractivity contribution >= 4 is 16.9 Å². The molecule has 1 amide bonds. The summed E-state index contributed by atoms with van der Waals surface area (Å²) in [5, 5.41) is 13.1. The maximum atomic E-state index is 12.0. The zero-order chi connectivity index (χ0) is 14.7. The molecule has 21 heavy (non-hydrogen) atoms. The quantitative estimate of drug-likeness (QED) is 0.868. The van der Waals surface area contributed by atoms with Crippen LogP contribution in [-0.2, 0) is 16.1 Å². The Hall–Kier alpha value is -1.92. The Morgan fingerprint density at radius 1 is 1.38 bits per heavy atom. The monoisotopic (exact) mass is 289 g/mol. The van der Waals surface area contributed by atoms with Gasteiger partial charge in [0.15, 0.2) is 0 Å². The topological polar surface area (TPSA) is 76.4 Å². The average Bonchev–Trinajstić information content (AvgIpc) is 2.90. The molecule has 1 fully saturated rings. The van der Waals surface area contributed by atoms with Gasteiger partial charge in [-0.15, -0.1) is 0 Å². The number of amides is 1. The number of hydrogen-bond acceptors (Lipinski definition) is 4. The van der Waals surface area contributed by atoms with Crippen LogP contribution >= 0.6 is 0 Å². The second-order valence-electron chi connectivity index (χ2n) is 5.47. The zero-order valence-electron chi connectivity index (χ0n) is 11.8. The van der Waals surface area contributed by atoms with E-state index in [2.05, 4.69) is 10.3 Å². The second-order valence-corrected chi connectivity index (χ2v) is 5.47. The normalized spacial score (nSPS) is 17.8. The van der Waals surface area contributed by atoms with Crippen LogP contribution in [0.2, 0.25) is 0 Å². The van der Waals surface area contributed by atoms with Crippen molar-refractivity contribution in [1.29, 1.82) is 0 Å². The van der Waals surface area contributed by atoms with Crippen LogP contribution in [0.5, 0.6) is 0 Å². The minimum atomic E-state index is -0.842. The molecule has 2 N–H and O–H groups in total. The van der Waals surface area contributed by atoms with Gasteiger partial charge in [0, 0.05) is 32.6 Å². The maximum Gasteiger partial charge on any atom is 0.240 e. The lowest BCUT2D eigenvalue weighted by molar-refractivity contribution is -0.124. The molecule has 0 unspecified atom stereocenters. The summed E-state index contributed by atoms with van der Waals surface area (Å²) in [7, 11) is 0. The van der Waals surface area contributed by atoms with Crippen LogP contribution in [0.15, 0.2) is 30.6 Å². The maximum absolute atomic E-state index is 12.0. The third-order valence-corrected chi connectivity index (χ3v) is 3.88. The van der Waals surface area contributed by atoms with Crippen LogP contribution in [0.25, 0.3) is 11.0 Å². The first-order valence-corrected chi connectivity index (χ1v) is 7.13. The number of nitrogens with zero attached hydrogens (tertiary/aromatic N) is 2. The Morgan fingerprint density at radius 3 is 2.95 bits per heavy atom. The number of para-hydroxylation sites is 2. The predicted molar refractivity (Wildman–Crippen MR) is 77.7 cm³/mol. The van der Waals surface area contributed by atoms with E-state index in [1.807, 2.05) is 24.3 Å². The summed E-state index contributed by atoms with van der Waals surface area (Å²) >= 11 is 0. The fourth-order valence-electron chi connectivity index (χ4n) is 2.54. The average molecular weight is 289 g/mol. The first-order chi connectivity index (χ1) is 10.2. The molecule has 1 saturated heterocycles. The van der Waals surface area contributed by atoms with Gasteiger partial charge in [0.2, 0.25) is 5.91 Å². The number of carbonyl (C=O) groups is 1. The van der Waals surface area contributed by atoms with Gasteiger partial charge in [-0.2, -0.15) is 0 Å². The van der Waals surface area contributed by atoms with Crippen molar-refractivity contribution in [2.45, 2.75) is 25.0 Å². The molecule has 0 saturated carbocycles. The number of benzene rings is 1. The highest BCUT2D eigenvalue weighted by atomic mass is 16.5. The van der Waals surface area contributed by atoms with E-state index in [4.69, 9.17) is 4.74 Å². The molecule has 0 aliphatic carbocycles. The number of aromatic nitrogens is 2. The summed E-state index contributed by atoms with van der Waals surface area (Å²) < 4.78 is 7.02. The third-order valence-electron chi connectivity index (χ3n) is 3.88. The molecule has 6 heteroatoms. The number of fused-ring (bicyclic) bond motifs is 1. The van der Waals surface area contributed by atoms with E-state index >= 15 is 0 Å². The van der Waals surface area contributed by atoms with Crippen molar-refractivity contribution in [2.24, 2.45) is 0 Å². The van der Waals surface area contributed by atoms with Gasteiger partial charge in [0.25, 0.3) is 0 Å². The summed E-state index contributed by atoms with van der Waals surface area (Å²) in [5.74, 6) is -0.127. The van der Waals surface area contributed by atoms with Gasteiger partial charge in [-0.05, 0) is 12.1 Å². The van der Waals surface area contributed by atoms with E-state index in [1.54, 1.807) is 10.9 Å². The van der Waals surface area contributed by atoms with E-state index in [0.29, 0.717) is 26.1 Å². The minimum absolute atomic E-state index is 0.127. The van der Waals surface area contributed by atoms with Crippen molar-refractivity contribution in [3.05, 3.63) is 30.6 Å². The van der Waals surface area contributed by atoms with Crippen molar-refractivity contribution in [3.8, 4) is 0 Å². The number of carbonyl (C=O) groups excluding carboxylic acids is 1. The molecule has 1 aliphatic rings. The fourth-order valence-corrected chi connectivity index (χ4v) is 2.54. The molecule has 0 spiro atoms. The van der Waals surface area contributed by atoms with Crippen molar-refractivity contribution < 1.29 is 14.6 Å². The number of aliphatic hydroxyl groups is 1. The summed E-state index contributed by atoms with van der Waals surface area (Å²) in [6, 6.07) is 7.68. The minimum Gasteiger partial charge on any atom is -0.388 e. The van der Waals surface area contributed by atoms with E-state index in [1.165, 1.54) is 0 Å². The number of rotatable bonds is 4. The van der Waals surface area contributed by atoms with Gasteiger partial charge in [0.05, 0.1) is 23.0 Å². The summed E-state index contributed by atoms with van der Waals surface area (Å²) in [6.45, 7) is 1.55. The molecule has 1 aliphatic heterocycles. The lowest BCUT2D eigenvalue weighted by atomic mass is 9.94. The summed E-state index contributed by atoms with van der Waals surface area (Å²) in [5.41, 5.74) is 0.955. The van der Waals surface area contributed by atoms with Crippen molar-refractivity contribution in [1.82, 2.24) is 14.9 Å². The molecule has 2 aromatic rings. The zero-order valence-corrected chi connectivity index (χ0v) is 11.8. The molecular formula is C15H19N3O3. The van der Waals surface area contributed by atoms with Crippen LogP contribution in [0.1, 0.15) is 12.8 Å². The Bertz CT molecular complexity index is 632. The highest BCUT2D eigenvalue weighted by Crippen LogP contribution is 2.19. The number of hydrogen-bond donors (Lipinski definition) is 2. The Kier molecular flexibility index (Phi) is 3.90. The number of nitrogens with one attached hydrogen (secondary N) is 1. The number of imidazole rings is 1. The van der Waals surface area contributed by atoms with E-state index < -0.39 is 5.60 Å². The van der Waals surface area contributed by atoms with Gasteiger partial charge in [0.1, 0.15) is 6.54 Å². The van der Waals surface area contributed by atoms with E-state index in [-0.39, 0.29) is 19.0 Å². The lowest BCUT2D eigenvalue weighted by Gasteiger charge is -2.32. The first kappa shape index (κ1) is 14.0. The fraction of sp³-hybridized carbons (Fsp3) is 0.467. The highest BCUT2D eigenvalue weighted by Gasteiger charge is 2.30. The van der Waals surface area contributed by atoms with Crippen LogP contribution in [0.3, 0.4) is 0 Å². The largest absolute Gasteiger partial charge is 0.388 e. The molecular weight excluding hydrogens is 270 g/mol. The van der Waals surface area contributed by atoms with Gasteiger partial charge in [-0.3, -0.25) is 4.79 Å². The Labute approximate surface area is 122 Å². The Morgan fingerprint density at radius 2 is 2.14 bits per heavy atom. The lowest BCUT2D eigenvalue weighted by Crippen LogP contribution is -2.47. The van der Waals surface area contributed by atoms with Crippen molar-refractivity contribution in [3.63, 3.8) is 0 Å². The second kappa shape index (κ2) is 5.83. The molecule has 0 atom stereocenters. The Balaban J connectivity index is 1.59. The van der Waals surface area contributed by atoms with Crippen LogP contribution in [0, 0.1) is 0 Å². The predicted octanol–water partition coefficient (Wildman–Crippen LogP) is 0.694. The highest BCUT2D eigenvalue weighted by molar-refractivity contribution is 5.80. The smallest absolute Gasteiger partial charge is 0.240 e. The SMILES string of the molecule is O=C(Cn1cnc2ccccc21)NCC1(O)CCOCC1. The van der Waals surface area contributed by atoms with Gasteiger partial charge in [-0.1, -0.05) is 12.1 Å². The van der Waals surface area contributed by atoms with Crippen LogP contribution in [0.4, 0.5) is 0 Å². The first-order valence-electron chi connectivity index (χ1n) is 7.13. The molecule has 2 heterocycles. The number of ether oxygens (including phenoxy) is 1. The van der Waals surface area contributed by atoms with Crippen LogP contribution < -0.4 is 5.32 Å². The van der Waals surface area contributed by atoms with Crippen LogP contribution in [-0.4, -0.2) is 45.9 Å². The van der Waals surface area contributed by atoms with E-state index in [0.717, 1.165) is 11.0 Å². The molecule has 1 aromatic heterocycles. The van der Waals surface area contributed by atoms with Gasteiger partial charge >= 0.3 is 0 Å². The molecule has 1 aromatic carbocycles. The van der Waals surface area contributed by atoms with Gasteiger partial charge < -0.3 is 19.7 Å². The van der Waals surface area contributed by atoms with Crippen molar-refractivity contribution in [2.75, 3.05) is 19.8 Å². The molecule has 0 bridgehead atoms.